The van der Waals surface area contributed by atoms with Crippen molar-refractivity contribution >= 4 is 37.6 Å². The van der Waals surface area contributed by atoms with Crippen molar-refractivity contribution in [3.63, 3.8) is 0 Å². The molecule has 19 heavy (non-hydrogen) atoms. The standard InChI is InChI=1S/C11H15BrClNO4S/c1-17-7-9(18-2)6-14-19(15,16)11-4-3-8(12)5-10(11)13/h3-5,9,14H,6-7H2,1-2H3. The minimum Gasteiger partial charge on any atom is -0.382 e. The number of hydrogen-bond acceptors (Lipinski definition) is 4. The van der Waals surface area contributed by atoms with Crippen LogP contribution in [-0.2, 0) is 19.5 Å². The Labute approximate surface area is 126 Å². The van der Waals surface area contributed by atoms with Gasteiger partial charge >= 0.3 is 0 Å². The second-order valence-electron chi connectivity index (χ2n) is 3.74. The van der Waals surface area contributed by atoms with E-state index in [-0.39, 0.29) is 22.6 Å². The molecule has 0 aliphatic rings. The largest absolute Gasteiger partial charge is 0.382 e. The first-order valence-electron chi connectivity index (χ1n) is 5.37. The van der Waals surface area contributed by atoms with Crippen molar-refractivity contribution < 1.29 is 17.9 Å². The molecule has 0 saturated heterocycles. The summed E-state index contributed by atoms with van der Waals surface area (Å²) in [6, 6.07) is 4.58. The van der Waals surface area contributed by atoms with Gasteiger partial charge in [0.15, 0.2) is 0 Å². The summed E-state index contributed by atoms with van der Waals surface area (Å²) in [6.07, 6.45) is -0.353. The molecular weight excluding hydrogens is 358 g/mol. The third-order valence-corrected chi connectivity index (χ3v) is 4.77. The van der Waals surface area contributed by atoms with Crippen LogP contribution in [-0.4, -0.2) is 41.9 Å². The van der Waals surface area contributed by atoms with E-state index in [2.05, 4.69) is 20.7 Å². The predicted molar refractivity (Wildman–Crippen MR) is 77.0 cm³/mol. The topological polar surface area (TPSA) is 64.6 Å². The Kier molecular flexibility index (Phi) is 6.72. The van der Waals surface area contributed by atoms with E-state index in [4.69, 9.17) is 21.1 Å². The van der Waals surface area contributed by atoms with E-state index in [9.17, 15) is 8.42 Å². The fraction of sp³-hybridized carbons (Fsp3) is 0.455. The number of hydrogen-bond donors (Lipinski definition) is 1. The van der Waals surface area contributed by atoms with Crippen LogP contribution in [0.3, 0.4) is 0 Å². The first-order chi connectivity index (χ1) is 8.90. The summed E-state index contributed by atoms with van der Waals surface area (Å²) < 4.78 is 37.3. The Morgan fingerprint density at radius 3 is 2.63 bits per heavy atom. The summed E-state index contributed by atoms with van der Waals surface area (Å²) in [5.74, 6) is 0. The van der Waals surface area contributed by atoms with Crippen molar-refractivity contribution in [2.24, 2.45) is 0 Å². The van der Waals surface area contributed by atoms with Gasteiger partial charge in [-0.25, -0.2) is 13.1 Å². The number of rotatable bonds is 7. The minimum atomic E-state index is -3.67. The Hall–Kier alpha value is -0.180. The molecule has 0 aromatic heterocycles. The maximum Gasteiger partial charge on any atom is 0.242 e. The number of halogens is 2. The van der Waals surface area contributed by atoms with Gasteiger partial charge < -0.3 is 9.47 Å². The fourth-order valence-electron chi connectivity index (χ4n) is 1.37. The van der Waals surface area contributed by atoms with E-state index in [1.807, 2.05) is 0 Å². The first kappa shape index (κ1) is 16.9. The monoisotopic (exact) mass is 371 g/mol. The van der Waals surface area contributed by atoms with Crippen LogP contribution in [0.5, 0.6) is 0 Å². The maximum absolute atomic E-state index is 12.1. The highest BCUT2D eigenvalue weighted by atomic mass is 79.9. The van der Waals surface area contributed by atoms with Crippen molar-refractivity contribution in [1.29, 1.82) is 0 Å². The van der Waals surface area contributed by atoms with Crippen LogP contribution in [0.4, 0.5) is 0 Å². The fourth-order valence-corrected chi connectivity index (χ4v) is 3.47. The molecule has 5 nitrogen and oxygen atoms in total. The Morgan fingerprint density at radius 2 is 2.11 bits per heavy atom. The summed E-state index contributed by atoms with van der Waals surface area (Å²) in [5, 5.41) is 0.155. The third-order valence-electron chi connectivity index (χ3n) is 2.37. The smallest absolute Gasteiger partial charge is 0.242 e. The average Bonchev–Trinajstić information content (AvgIpc) is 2.34. The Balaban J connectivity index is 2.81. The number of ether oxygens (including phenoxy) is 2. The molecule has 1 rings (SSSR count). The van der Waals surface area contributed by atoms with Gasteiger partial charge in [-0.3, -0.25) is 0 Å². The molecule has 0 heterocycles. The average molecular weight is 373 g/mol. The zero-order valence-corrected chi connectivity index (χ0v) is 13.7. The highest BCUT2D eigenvalue weighted by Gasteiger charge is 2.19. The van der Waals surface area contributed by atoms with Gasteiger partial charge in [0.05, 0.1) is 17.7 Å². The zero-order chi connectivity index (χ0) is 14.5. The molecule has 0 saturated carbocycles. The lowest BCUT2D eigenvalue weighted by Gasteiger charge is -2.15. The van der Waals surface area contributed by atoms with Crippen LogP contribution in [0.2, 0.25) is 5.02 Å². The third kappa shape index (κ3) is 5.02. The number of benzene rings is 1. The SMILES string of the molecule is COCC(CNS(=O)(=O)c1ccc(Br)cc1Cl)OC. The van der Waals surface area contributed by atoms with Gasteiger partial charge in [0, 0.05) is 25.2 Å². The molecule has 1 aromatic carbocycles. The van der Waals surface area contributed by atoms with Crippen LogP contribution >= 0.6 is 27.5 Å². The number of nitrogens with one attached hydrogen (secondary N) is 1. The molecule has 1 aromatic rings. The molecule has 0 amide bonds. The van der Waals surface area contributed by atoms with Crippen molar-refractivity contribution in [3.8, 4) is 0 Å². The van der Waals surface area contributed by atoms with E-state index in [1.54, 1.807) is 6.07 Å². The van der Waals surface area contributed by atoms with Gasteiger partial charge in [0.25, 0.3) is 0 Å². The van der Waals surface area contributed by atoms with Crippen molar-refractivity contribution in [2.75, 3.05) is 27.4 Å². The van der Waals surface area contributed by atoms with Crippen molar-refractivity contribution in [1.82, 2.24) is 4.72 Å². The normalized spacial score (nSPS) is 13.5. The van der Waals surface area contributed by atoms with E-state index in [1.165, 1.54) is 26.4 Å². The molecule has 0 aliphatic carbocycles. The van der Waals surface area contributed by atoms with Crippen LogP contribution in [0.25, 0.3) is 0 Å². The van der Waals surface area contributed by atoms with Crippen LogP contribution in [0, 0.1) is 0 Å². The van der Waals surface area contributed by atoms with E-state index < -0.39 is 10.0 Å². The summed E-state index contributed by atoms with van der Waals surface area (Å²) in [5.41, 5.74) is 0. The summed E-state index contributed by atoms with van der Waals surface area (Å²) in [7, 11) is -0.659. The molecule has 8 heteroatoms. The first-order valence-corrected chi connectivity index (χ1v) is 8.02. The van der Waals surface area contributed by atoms with Gasteiger partial charge in [0.2, 0.25) is 10.0 Å². The molecule has 1 atom stereocenters. The lowest BCUT2D eigenvalue weighted by Crippen LogP contribution is -2.35. The van der Waals surface area contributed by atoms with Crippen molar-refractivity contribution in [2.45, 2.75) is 11.0 Å². The second kappa shape index (κ2) is 7.56. The van der Waals surface area contributed by atoms with E-state index in [0.29, 0.717) is 11.1 Å². The molecule has 0 bridgehead atoms. The van der Waals surface area contributed by atoms with Crippen LogP contribution in [0.15, 0.2) is 27.6 Å². The van der Waals surface area contributed by atoms with E-state index in [0.717, 1.165) is 0 Å². The predicted octanol–water partition coefficient (Wildman–Crippen LogP) is 2.04. The number of methoxy groups -OCH3 is 2. The molecular formula is C11H15BrClNO4S. The highest BCUT2D eigenvalue weighted by Crippen LogP contribution is 2.24. The molecule has 0 aliphatic heterocycles. The maximum atomic E-state index is 12.1. The molecule has 0 radical (unpaired) electrons. The van der Waals surface area contributed by atoms with Gasteiger partial charge in [-0.2, -0.15) is 0 Å². The van der Waals surface area contributed by atoms with Gasteiger partial charge in [0.1, 0.15) is 4.90 Å². The molecule has 1 unspecified atom stereocenters. The molecule has 0 fully saturated rings. The van der Waals surface area contributed by atoms with Crippen LogP contribution < -0.4 is 4.72 Å². The Bertz CT molecular complexity index is 523. The molecule has 108 valence electrons. The minimum absolute atomic E-state index is 0.0321. The quantitative estimate of drug-likeness (QED) is 0.795. The van der Waals surface area contributed by atoms with Gasteiger partial charge in [-0.1, -0.05) is 27.5 Å². The number of sulfonamides is 1. The molecule has 0 spiro atoms. The van der Waals surface area contributed by atoms with E-state index >= 15 is 0 Å². The lowest BCUT2D eigenvalue weighted by molar-refractivity contribution is 0.0320. The van der Waals surface area contributed by atoms with Crippen LogP contribution in [0.1, 0.15) is 0 Å². The zero-order valence-electron chi connectivity index (χ0n) is 10.5. The van der Waals surface area contributed by atoms with Gasteiger partial charge in [-0.05, 0) is 18.2 Å². The summed E-state index contributed by atoms with van der Waals surface area (Å²) in [6.45, 7) is 0.409. The highest BCUT2D eigenvalue weighted by molar-refractivity contribution is 9.10. The molecule has 1 N–H and O–H groups in total. The van der Waals surface area contributed by atoms with Crippen molar-refractivity contribution in [3.05, 3.63) is 27.7 Å². The van der Waals surface area contributed by atoms with Gasteiger partial charge in [-0.15, -0.1) is 0 Å². The summed E-state index contributed by atoms with van der Waals surface area (Å²) >= 11 is 9.14. The summed E-state index contributed by atoms with van der Waals surface area (Å²) in [4.78, 5) is 0.0321. The second-order valence-corrected chi connectivity index (χ2v) is 6.80. The Morgan fingerprint density at radius 1 is 1.42 bits per heavy atom. The lowest BCUT2D eigenvalue weighted by atomic mass is 10.4.